The van der Waals surface area contributed by atoms with Crippen molar-refractivity contribution in [2.24, 2.45) is 0 Å². The van der Waals surface area contributed by atoms with E-state index in [2.05, 4.69) is 5.32 Å². The number of nitrogens with zero attached hydrogens (tertiary/aromatic N) is 1. The molecule has 0 aromatic heterocycles. The fraction of sp³-hybridized carbons (Fsp3) is 0.682. The highest BCUT2D eigenvalue weighted by atomic mass is 32.2. The molecule has 0 radical (unpaired) electrons. The highest BCUT2D eigenvalue weighted by molar-refractivity contribution is 7.89. The van der Waals surface area contributed by atoms with Gasteiger partial charge in [0.15, 0.2) is 0 Å². The lowest BCUT2D eigenvalue weighted by Gasteiger charge is -2.22. The van der Waals surface area contributed by atoms with Crippen molar-refractivity contribution < 1.29 is 17.9 Å². The van der Waals surface area contributed by atoms with Gasteiger partial charge in [-0.25, -0.2) is 8.42 Å². The minimum Gasteiger partial charge on any atom is -0.378 e. The van der Waals surface area contributed by atoms with E-state index in [-0.39, 0.29) is 10.8 Å². The molecule has 1 aromatic carbocycles. The van der Waals surface area contributed by atoms with Crippen molar-refractivity contribution in [1.29, 1.82) is 0 Å². The molecule has 0 bridgehead atoms. The Bertz CT molecular complexity index is 752. The smallest absolute Gasteiger partial charge is 0.251 e. The van der Waals surface area contributed by atoms with Crippen LogP contribution in [0, 0.1) is 0 Å². The number of sulfonamides is 1. The molecule has 1 aliphatic heterocycles. The van der Waals surface area contributed by atoms with Gasteiger partial charge < -0.3 is 10.1 Å². The van der Waals surface area contributed by atoms with Crippen LogP contribution in [0.5, 0.6) is 0 Å². The van der Waals surface area contributed by atoms with Crippen LogP contribution in [-0.4, -0.2) is 51.0 Å². The minimum absolute atomic E-state index is 0.202. The molecule has 1 aromatic rings. The van der Waals surface area contributed by atoms with Gasteiger partial charge >= 0.3 is 0 Å². The minimum atomic E-state index is -3.55. The predicted octanol–water partition coefficient (Wildman–Crippen LogP) is 3.72. The molecule has 29 heavy (non-hydrogen) atoms. The first-order valence-corrected chi connectivity index (χ1v) is 12.5. The van der Waals surface area contributed by atoms with Crippen LogP contribution in [0.25, 0.3) is 0 Å². The van der Waals surface area contributed by atoms with E-state index >= 15 is 0 Å². The Morgan fingerprint density at radius 3 is 2.45 bits per heavy atom. The van der Waals surface area contributed by atoms with Crippen LogP contribution in [0.4, 0.5) is 0 Å². The zero-order valence-electron chi connectivity index (χ0n) is 17.3. The van der Waals surface area contributed by atoms with Crippen molar-refractivity contribution in [1.82, 2.24) is 9.62 Å². The van der Waals surface area contributed by atoms with Crippen LogP contribution in [0.1, 0.15) is 74.6 Å². The lowest BCUT2D eigenvalue weighted by molar-refractivity contribution is 0.0273. The topological polar surface area (TPSA) is 75.7 Å². The third-order valence-electron chi connectivity index (χ3n) is 5.81. The molecule has 1 N–H and O–H groups in total. The number of ether oxygens (including phenoxy) is 1. The van der Waals surface area contributed by atoms with Gasteiger partial charge in [-0.05, 0) is 50.3 Å². The molecule has 0 atom stereocenters. The van der Waals surface area contributed by atoms with Gasteiger partial charge in [0.2, 0.25) is 10.0 Å². The SMILES string of the molecule is O=C(NCCCOC1CCCCC1)c1cccc(S(=O)(=O)N2CCCCCC2)c1. The second-order valence-electron chi connectivity index (χ2n) is 8.09. The van der Waals surface area contributed by atoms with Crippen molar-refractivity contribution in [3.8, 4) is 0 Å². The number of amides is 1. The fourth-order valence-electron chi connectivity index (χ4n) is 4.09. The van der Waals surface area contributed by atoms with Gasteiger partial charge in [-0.15, -0.1) is 0 Å². The first-order chi connectivity index (χ1) is 14.1. The summed E-state index contributed by atoms with van der Waals surface area (Å²) in [6.45, 7) is 2.28. The Morgan fingerprint density at radius 2 is 1.72 bits per heavy atom. The largest absolute Gasteiger partial charge is 0.378 e. The molecular formula is C22H34N2O4S. The summed E-state index contributed by atoms with van der Waals surface area (Å²) < 4.78 is 33.3. The molecule has 1 heterocycles. The van der Waals surface area contributed by atoms with E-state index in [9.17, 15) is 13.2 Å². The second-order valence-corrected chi connectivity index (χ2v) is 10.0. The van der Waals surface area contributed by atoms with Crippen LogP contribution in [0.2, 0.25) is 0 Å². The van der Waals surface area contributed by atoms with E-state index in [0.29, 0.717) is 37.9 Å². The molecule has 1 aliphatic carbocycles. The number of nitrogens with one attached hydrogen (secondary N) is 1. The molecule has 162 valence electrons. The quantitative estimate of drug-likeness (QED) is 0.648. The van der Waals surface area contributed by atoms with Crippen LogP contribution in [-0.2, 0) is 14.8 Å². The Kier molecular flexibility index (Phi) is 8.51. The molecular weight excluding hydrogens is 388 g/mol. The molecule has 0 spiro atoms. The standard InChI is InChI=1S/C22H34N2O4S/c25-22(23-14-9-17-28-20-11-4-3-5-12-20)19-10-8-13-21(18-19)29(26,27)24-15-6-1-2-7-16-24/h8,10,13,18,20H,1-7,9,11-12,14-17H2,(H,23,25). The highest BCUT2D eigenvalue weighted by Crippen LogP contribution is 2.22. The van der Waals surface area contributed by atoms with Gasteiger partial charge in [0.05, 0.1) is 11.0 Å². The zero-order valence-corrected chi connectivity index (χ0v) is 18.1. The van der Waals surface area contributed by atoms with E-state index < -0.39 is 10.0 Å². The predicted molar refractivity (Wildman–Crippen MR) is 113 cm³/mol. The van der Waals surface area contributed by atoms with E-state index in [0.717, 1.165) is 44.9 Å². The molecule has 1 saturated carbocycles. The number of rotatable bonds is 8. The Morgan fingerprint density at radius 1 is 1.03 bits per heavy atom. The summed E-state index contributed by atoms with van der Waals surface area (Å²) in [7, 11) is -3.55. The fourth-order valence-corrected chi connectivity index (χ4v) is 5.65. The molecule has 1 saturated heterocycles. The summed E-state index contributed by atoms with van der Waals surface area (Å²) in [6, 6.07) is 6.38. The molecule has 3 rings (SSSR count). The van der Waals surface area contributed by atoms with Gasteiger partial charge in [-0.3, -0.25) is 4.79 Å². The maximum absolute atomic E-state index is 12.9. The second kappa shape index (κ2) is 11.1. The number of benzene rings is 1. The number of carbonyl (C=O) groups excluding carboxylic acids is 1. The van der Waals surface area contributed by atoms with Crippen LogP contribution < -0.4 is 5.32 Å². The summed E-state index contributed by atoms with van der Waals surface area (Å²) >= 11 is 0. The van der Waals surface area contributed by atoms with Gasteiger partial charge in [-0.1, -0.05) is 38.2 Å². The summed E-state index contributed by atoms with van der Waals surface area (Å²) in [5, 5.41) is 2.88. The summed E-state index contributed by atoms with van der Waals surface area (Å²) in [5.41, 5.74) is 0.383. The van der Waals surface area contributed by atoms with E-state index in [1.54, 1.807) is 22.5 Å². The third-order valence-corrected chi connectivity index (χ3v) is 7.71. The number of hydrogen-bond donors (Lipinski definition) is 1. The van der Waals surface area contributed by atoms with Crippen LogP contribution >= 0.6 is 0 Å². The van der Waals surface area contributed by atoms with Crippen molar-refractivity contribution in [3.05, 3.63) is 29.8 Å². The van der Waals surface area contributed by atoms with Gasteiger partial charge in [0, 0.05) is 31.8 Å². The maximum atomic E-state index is 12.9. The molecule has 7 heteroatoms. The normalized spacial score (nSPS) is 19.6. The Labute approximate surface area is 175 Å². The number of carbonyl (C=O) groups is 1. The Balaban J connectivity index is 1.49. The molecule has 1 amide bonds. The highest BCUT2D eigenvalue weighted by Gasteiger charge is 2.25. The zero-order chi connectivity index (χ0) is 20.5. The summed E-state index contributed by atoms with van der Waals surface area (Å²) in [4.78, 5) is 12.7. The average molecular weight is 423 g/mol. The van der Waals surface area contributed by atoms with Crippen molar-refractivity contribution in [2.45, 2.75) is 75.2 Å². The number of hydrogen-bond acceptors (Lipinski definition) is 4. The summed E-state index contributed by atoms with van der Waals surface area (Å²) in [5.74, 6) is -0.240. The van der Waals surface area contributed by atoms with E-state index in [4.69, 9.17) is 4.74 Å². The van der Waals surface area contributed by atoms with Crippen molar-refractivity contribution in [3.63, 3.8) is 0 Å². The lowest BCUT2D eigenvalue weighted by atomic mass is 9.98. The molecule has 2 aliphatic rings. The maximum Gasteiger partial charge on any atom is 0.251 e. The van der Waals surface area contributed by atoms with E-state index in [1.807, 2.05) is 0 Å². The van der Waals surface area contributed by atoms with Crippen molar-refractivity contribution in [2.75, 3.05) is 26.2 Å². The Hall–Kier alpha value is -1.44. The first-order valence-electron chi connectivity index (χ1n) is 11.1. The summed E-state index contributed by atoms with van der Waals surface area (Å²) in [6.07, 6.45) is 11.1. The van der Waals surface area contributed by atoms with E-state index in [1.165, 1.54) is 25.3 Å². The van der Waals surface area contributed by atoms with Crippen LogP contribution in [0.15, 0.2) is 29.2 Å². The van der Waals surface area contributed by atoms with Gasteiger partial charge in [-0.2, -0.15) is 4.31 Å². The first kappa shape index (κ1) is 22.2. The monoisotopic (exact) mass is 422 g/mol. The van der Waals surface area contributed by atoms with Gasteiger partial charge in [0.1, 0.15) is 0 Å². The molecule has 6 nitrogen and oxygen atoms in total. The van der Waals surface area contributed by atoms with Crippen molar-refractivity contribution >= 4 is 15.9 Å². The third kappa shape index (κ3) is 6.52. The van der Waals surface area contributed by atoms with Gasteiger partial charge in [0.25, 0.3) is 5.91 Å². The molecule has 0 unspecified atom stereocenters. The average Bonchev–Trinajstić information content (AvgIpc) is 3.04. The lowest BCUT2D eigenvalue weighted by Crippen LogP contribution is -2.32. The molecule has 2 fully saturated rings. The van der Waals surface area contributed by atoms with Crippen LogP contribution in [0.3, 0.4) is 0 Å².